The van der Waals surface area contributed by atoms with Crippen LogP contribution in [0.25, 0.3) is 0 Å². The van der Waals surface area contributed by atoms with E-state index in [2.05, 4.69) is 36.3 Å². The molecule has 2 rings (SSSR count). The zero-order valence-electron chi connectivity index (χ0n) is 13.3. The first kappa shape index (κ1) is 15.8. The van der Waals surface area contributed by atoms with Crippen LogP contribution in [0, 0.1) is 5.92 Å². The van der Waals surface area contributed by atoms with Gasteiger partial charge in [0.1, 0.15) is 0 Å². The van der Waals surface area contributed by atoms with Crippen LogP contribution in [-0.4, -0.2) is 48.6 Å². The number of rotatable bonds is 7. The minimum absolute atomic E-state index is 0.189. The van der Waals surface area contributed by atoms with Gasteiger partial charge in [0.05, 0.1) is 6.54 Å². The van der Waals surface area contributed by atoms with E-state index in [1.165, 1.54) is 32.1 Å². The normalized spacial score (nSPS) is 24.9. The summed E-state index contributed by atoms with van der Waals surface area (Å²) >= 11 is 0. The molecule has 2 fully saturated rings. The van der Waals surface area contributed by atoms with Crippen molar-refractivity contribution in [3.63, 3.8) is 0 Å². The lowest BCUT2D eigenvalue weighted by atomic mass is 10.0. The van der Waals surface area contributed by atoms with Crippen molar-refractivity contribution in [2.45, 2.75) is 71.0 Å². The molecule has 4 nitrogen and oxygen atoms in total. The first-order valence-electron chi connectivity index (χ1n) is 8.33. The Morgan fingerprint density at radius 2 is 2.00 bits per heavy atom. The van der Waals surface area contributed by atoms with Gasteiger partial charge in [-0.1, -0.05) is 20.3 Å². The molecule has 1 saturated heterocycles. The van der Waals surface area contributed by atoms with Gasteiger partial charge in [-0.3, -0.25) is 9.69 Å². The molecule has 2 N–H and O–H groups in total. The van der Waals surface area contributed by atoms with E-state index in [9.17, 15) is 4.79 Å². The highest BCUT2D eigenvalue weighted by atomic mass is 16.2. The number of piperidine rings is 1. The van der Waals surface area contributed by atoms with Gasteiger partial charge in [-0.05, 0) is 45.1 Å². The van der Waals surface area contributed by atoms with Gasteiger partial charge in [-0.15, -0.1) is 0 Å². The Bertz CT molecular complexity index is 309. The molecule has 0 bridgehead atoms. The molecular weight excluding hydrogens is 250 g/mol. The fourth-order valence-electron chi connectivity index (χ4n) is 2.80. The summed E-state index contributed by atoms with van der Waals surface area (Å²) in [5, 5.41) is 6.72. The van der Waals surface area contributed by atoms with Gasteiger partial charge in [0.25, 0.3) is 0 Å². The quantitative estimate of drug-likeness (QED) is 0.747. The fourth-order valence-corrected chi connectivity index (χ4v) is 2.80. The molecule has 2 atom stereocenters. The molecule has 1 saturated carbocycles. The van der Waals surface area contributed by atoms with Crippen molar-refractivity contribution in [1.82, 2.24) is 15.5 Å². The van der Waals surface area contributed by atoms with Gasteiger partial charge in [0.2, 0.25) is 5.91 Å². The lowest BCUT2D eigenvalue weighted by Gasteiger charge is -2.30. The molecule has 0 radical (unpaired) electrons. The van der Waals surface area contributed by atoms with Gasteiger partial charge >= 0.3 is 0 Å². The van der Waals surface area contributed by atoms with E-state index >= 15 is 0 Å². The van der Waals surface area contributed by atoms with E-state index in [1.54, 1.807) is 0 Å². The number of carbonyl (C=O) groups is 1. The van der Waals surface area contributed by atoms with Crippen molar-refractivity contribution >= 4 is 5.91 Å². The second kappa shape index (κ2) is 7.41. The third-order valence-corrected chi connectivity index (χ3v) is 4.67. The number of hydrogen-bond donors (Lipinski definition) is 2. The molecule has 1 aliphatic carbocycles. The standard InChI is InChI=1S/C16H31N3O/c1-12(2)13(3)18-16(20)11-19(15-7-8-15)10-14-6-4-5-9-17-14/h12-15,17H,4-11H2,1-3H3,(H,18,20). The third kappa shape index (κ3) is 5.06. The molecule has 2 unspecified atom stereocenters. The summed E-state index contributed by atoms with van der Waals surface area (Å²) in [5.41, 5.74) is 0. The van der Waals surface area contributed by atoms with Gasteiger partial charge in [-0.2, -0.15) is 0 Å². The van der Waals surface area contributed by atoms with Gasteiger partial charge in [-0.25, -0.2) is 0 Å². The van der Waals surface area contributed by atoms with Gasteiger partial charge < -0.3 is 10.6 Å². The van der Waals surface area contributed by atoms with Crippen LogP contribution in [0.3, 0.4) is 0 Å². The van der Waals surface area contributed by atoms with E-state index in [0.717, 1.165) is 13.1 Å². The Labute approximate surface area is 123 Å². The van der Waals surface area contributed by atoms with Crippen LogP contribution in [0.2, 0.25) is 0 Å². The smallest absolute Gasteiger partial charge is 0.234 e. The van der Waals surface area contributed by atoms with E-state index < -0.39 is 0 Å². The molecule has 20 heavy (non-hydrogen) atoms. The van der Waals surface area contributed by atoms with Crippen LogP contribution < -0.4 is 10.6 Å². The summed E-state index contributed by atoms with van der Waals surface area (Å²) in [7, 11) is 0. The van der Waals surface area contributed by atoms with Crippen LogP contribution in [-0.2, 0) is 4.79 Å². The predicted octanol–water partition coefficient (Wildman–Crippen LogP) is 1.75. The monoisotopic (exact) mass is 281 g/mol. The van der Waals surface area contributed by atoms with Crippen LogP contribution in [0.1, 0.15) is 52.9 Å². The van der Waals surface area contributed by atoms with Gasteiger partial charge in [0.15, 0.2) is 0 Å². The van der Waals surface area contributed by atoms with Crippen molar-refractivity contribution < 1.29 is 4.79 Å². The number of carbonyl (C=O) groups excluding carboxylic acids is 1. The van der Waals surface area contributed by atoms with Crippen molar-refractivity contribution in [1.29, 1.82) is 0 Å². The molecule has 1 aliphatic heterocycles. The molecule has 1 amide bonds. The zero-order valence-corrected chi connectivity index (χ0v) is 13.3. The Kier molecular flexibility index (Phi) is 5.85. The summed E-state index contributed by atoms with van der Waals surface area (Å²) in [6.07, 6.45) is 6.41. The van der Waals surface area contributed by atoms with Crippen molar-refractivity contribution in [2.75, 3.05) is 19.6 Å². The van der Waals surface area contributed by atoms with E-state index in [4.69, 9.17) is 0 Å². The maximum Gasteiger partial charge on any atom is 0.234 e. The van der Waals surface area contributed by atoms with Crippen LogP contribution >= 0.6 is 0 Å². The maximum absolute atomic E-state index is 12.2. The number of nitrogens with one attached hydrogen (secondary N) is 2. The Morgan fingerprint density at radius 1 is 1.25 bits per heavy atom. The SMILES string of the molecule is CC(C)C(C)NC(=O)CN(CC1CCCCN1)C1CC1. The molecule has 2 aliphatic rings. The minimum Gasteiger partial charge on any atom is -0.352 e. The zero-order chi connectivity index (χ0) is 14.5. The Morgan fingerprint density at radius 3 is 2.55 bits per heavy atom. The Balaban J connectivity index is 1.78. The highest BCUT2D eigenvalue weighted by Gasteiger charge is 2.32. The average Bonchev–Trinajstić information content (AvgIpc) is 3.23. The predicted molar refractivity (Wildman–Crippen MR) is 82.7 cm³/mol. The van der Waals surface area contributed by atoms with Crippen molar-refractivity contribution in [3.05, 3.63) is 0 Å². The van der Waals surface area contributed by atoms with Crippen molar-refractivity contribution in [2.24, 2.45) is 5.92 Å². The number of nitrogens with zero attached hydrogens (tertiary/aromatic N) is 1. The second-order valence-corrected chi connectivity index (χ2v) is 6.91. The van der Waals surface area contributed by atoms with Gasteiger partial charge in [0, 0.05) is 24.7 Å². The second-order valence-electron chi connectivity index (χ2n) is 6.91. The number of hydrogen-bond acceptors (Lipinski definition) is 3. The van der Waals surface area contributed by atoms with E-state index in [-0.39, 0.29) is 11.9 Å². The summed E-state index contributed by atoms with van der Waals surface area (Å²) in [6.45, 7) is 9.13. The number of amides is 1. The summed E-state index contributed by atoms with van der Waals surface area (Å²) in [4.78, 5) is 14.6. The highest BCUT2D eigenvalue weighted by Crippen LogP contribution is 2.27. The average molecular weight is 281 g/mol. The molecular formula is C16H31N3O. The minimum atomic E-state index is 0.189. The summed E-state index contributed by atoms with van der Waals surface area (Å²) in [5.74, 6) is 0.683. The molecule has 0 aromatic carbocycles. The fraction of sp³-hybridized carbons (Fsp3) is 0.938. The molecule has 0 spiro atoms. The Hall–Kier alpha value is -0.610. The third-order valence-electron chi connectivity index (χ3n) is 4.67. The largest absolute Gasteiger partial charge is 0.352 e. The maximum atomic E-state index is 12.2. The first-order valence-corrected chi connectivity index (χ1v) is 8.33. The molecule has 0 aromatic heterocycles. The molecule has 0 aromatic rings. The van der Waals surface area contributed by atoms with E-state index in [0.29, 0.717) is 24.5 Å². The van der Waals surface area contributed by atoms with Crippen LogP contribution in [0.4, 0.5) is 0 Å². The molecule has 1 heterocycles. The topological polar surface area (TPSA) is 44.4 Å². The lowest BCUT2D eigenvalue weighted by molar-refractivity contribution is -0.123. The molecule has 116 valence electrons. The van der Waals surface area contributed by atoms with E-state index in [1.807, 2.05) is 0 Å². The summed E-state index contributed by atoms with van der Waals surface area (Å²) in [6, 6.07) is 1.50. The van der Waals surface area contributed by atoms with Crippen LogP contribution in [0.5, 0.6) is 0 Å². The summed E-state index contributed by atoms with van der Waals surface area (Å²) < 4.78 is 0. The van der Waals surface area contributed by atoms with Crippen molar-refractivity contribution in [3.8, 4) is 0 Å². The van der Waals surface area contributed by atoms with Crippen LogP contribution in [0.15, 0.2) is 0 Å². The lowest BCUT2D eigenvalue weighted by Crippen LogP contribution is -2.49. The molecule has 4 heteroatoms. The first-order chi connectivity index (χ1) is 9.56. The highest BCUT2D eigenvalue weighted by molar-refractivity contribution is 5.78.